The predicted molar refractivity (Wildman–Crippen MR) is 53.2 cm³/mol. The van der Waals surface area contributed by atoms with Crippen molar-refractivity contribution in [3.8, 4) is 0 Å². The number of hydrogen-bond acceptors (Lipinski definition) is 3. The number of hydrogen-bond donors (Lipinski definition) is 1. The molecule has 0 spiro atoms. The van der Waals surface area contributed by atoms with Gasteiger partial charge in [0.1, 0.15) is 0 Å². The summed E-state index contributed by atoms with van der Waals surface area (Å²) in [5, 5.41) is 2.58. The summed E-state index contributed by atoms with van der Waals surface area (Å²) in [6.07, 6.45) is 2.44. The second-order valence-corrected chi connectivity index (χ2v) is 5.53. The molecule has 0 radical (unpaired) electrons. The first-order valence-corrected chi connectivity index (χ1v) is 6.46. The molecule has 1 aliphatic heterocycles. The van der Waals surface area contributed by atoms with E-state index in [2.05, 4.69) is 5.32 Å². The SMILES string of the molecule is CNC(=O)C1CCN(S(C)(=O)=O)CC1. The molecule has 14 heavy (non-hydrogen) atoms. The minimum atomic E-state index is -3.08. The van der Waals surface area contributed by atoms with Crippen LogP contribution < -0.4 is 5.32 Å². The minimum absolute atomic E-state index is 0.0122. The van der Waals surface area contributed by atoms with E-state index in [1.807, 2.05) is 0 Å². The fraction of sp³-hybridized carbons (Fsp3) is 0.875. The number of carbonyl (C=O) groups is 1. The zero-order valence-electron chi connectivity index (χ0n) is 8.49. The molecule has 0 aromatic rings. The maximum Gasteiger partial charge on any atom is 0.222 e. The van der Waals surface area contributed by atoms with Gasteiger partial charge in [0.25, 0.3) is 0 Å². The van der Waals surface area contributed by atoms with Gasteiger partial charge in [0.05, 0.1) is 6.26 Å². The van der Waals surface area contributed by atoms with Crippen molar-refractivity contribution >= 4 is 15.9 Å². The van der Waals surface area contributed by atoms with Crippen molar-refractivity contribution in [1.29, 1.82) is 0 Å². The van der Waals surface area contributed by atoms with Crippen molar-refractivity contribution in [2.24, 2.45) is 5.92 Å². The first kappa shape index (κ1) is 11.5. The summed E-state index contributed by atoms with van der Waals surface area (Å²) in [6.45, 7) is 0.911. The summed E-state index contributed by atoms with van der Waals surface area (Å²) >= 11 is 0. The van der Waals surface area contributed by atoms with Crippen molar-refractivity contribution in [2.45, 2.75) is 12.8 Å². The van der Waals surface area contributed by atoms with Crippen LogP contribution in [0.25, 0.3) is 0 Å². The molecule has 0 aromatic carbocycles. The third kappa shape index (κ3) is 2.68. The number of carbonyl (C=O) groups excluding carboxylic acids is 1. The van der Waals surface area contributed by atoms with Crippen LogP contribution in [0.1, 0.15) is 12.8 Å². The highest BCUT2D eigenvalue weighted by Crippen LogP contribution is 2.18. The number of piperidine rings is 1. The first-order valence-electron chi connectivity index (χ1n) is 4.62. The fourth-order valence-corrected chi connectivity index (χ4v) is 2.53. The van der Waals surface area contributed by atoms with E-state index in [0.29, 0.717) is 25.9 Å². The van der Waals surface area contributed by atoms with Crippen LogP contribution in [0.3, 0.4) is 0 Å². The highest BCUT2D eigenvalue weighted by Gasteiger charge is 2.28. The van der Waals surface area contributed by atoms with Gasteiger partial charge >= 0.3 is 0 Å². The highest BCUT2D eigenvalue weighted by molar-refractivity contribution is 7.88. The lowest BCUT2D eigenvalue weighted by Crippen LogP contribution is -2.41. The van der Waals surface area contributed by atoms with E-state index in [9.17, 15) is 13.2 Å². The van der Waals surface area contributed by atoms with Crippen LogP contribution in [0.2, 0.25) is 0 Å². The third-order valence-electron chi connectivity index (χ3n) is 2.54. The summed E-state index contributed by atoms with van der Waals surface area (Å²) < 4.78 is 23.7. The standard InChI is InChI=1S/C8H16N2O3S/c1-9-8(11)7-3-5-10(6-4-7)14(2,12)13/h7H,3-6H2,1-2H3,(H,9,11). The van der Waals surface area contributed by atoms with E-state index in [-0.39, 0.29) is 11.8 Å². The molecule has 1 saturated heterocycles. The smallest absolute Gasteiger partial charge is 0.222 e. The molecule has 0 aromatic heterocycles. The molecule has 0 bridgehead atoms. The lowest BCUT2D eigenvalue weighted by molar-refractivity contribution is -0.125. The van der Waals surface area contributed by atoms with Crippen molar-refractivity contribution in [3.05, 3.63) is 0 Å². The van der Waals surface area contributed by atoms with Crippen molar-refractivity contribution < 1.29 is 13.2 Å². The number of rotatable bonds is 2. The fourth-order valence-electron chi connectivity index (χ4n) is 1.65. The second kappa shape index (κ2) is 4.27. The summed E-state index contributed by atoms with van der Waals surface area (Å²) in [5.74, 6) is -0.0175. The molecule has 1 fully saturated rings. The molecule has 1 aliphatic rings. The summed E-state index contributed by atoms with van der Waals surface area (Å²) in [5.41, 5.74) is 0. The molecule has 0 unspecified atom stereocenters. The van der Waals surface area contributed by atoms with E-state index in [1.54, 1.807) is 7.05 Å². The van der Waals surface area contributed by atoms with E-state index < -0.39 is 10.0 Å². The van der Waals surface area contributed by atoms with Gasteiger partial charge in [-0.05, 0) is 12.8 Å². The van der Waals surface area contributed by atoms with Gasteiger partial charge in [0.2, 0.25) is 15.9 Å². The molecule has 1 heterocycles. The van der Waals surface area contributed by atoms with Crippen LogP contribution in [-0.2, 0) is 14.8 Å². The van der Waals surface area contributed by atoms with E-state index >= 15 is 0 Å². The quantitative estimate of drug-likeness (QED) is 0.676. The normalized spacial score (nSPS) is 20.7. The maximum absolute atomic E-state index is 11.2. The second-order valence-electron chi connectivity index (χ2n) is 3.55. The Morgan fingerprint density at radius 1 is 1.36 bits per heavy atom. The van der Waals surface area contributed by atoms with Gasteiger partial charge in [0.15, 0.2) is 0 Å². The van der Waals surface area contributed by atoms with Crippen LogP contribution in [-0.4, -0.2) is 45.0 Å². The van der Waals surface area contributed by atoms with Crippen molar-refractivity contribution in [1.82, 2.24) is 9.62 Å². The topological polar surface area (TPSA) is 66.5 Å². The van der Waals surface area contributed by atoms with Crippen LogP contribution >= 0.6 is 0 Å². The van der Waals surface area contributed by atoms with Gasteiger partial charge in [-0.15, -0.1) is 0 Å². The zero-order valence-corrected chi connectivity index (χ0v) is 9.30. The Kier molecular flexibility index (Phi) is 3.49. The van der Waals surface area contributed by atoms with Gasteiger partial charge < -0.3 is 5.32 Å². The summed E-state index contributed by atoms with van der Waals surface area (Å²) in [6, 6.07) is 0. The van der Waals surface area contributed by atoms with Gasteiger partial charge in [-0.2, -0.15) is 0 Å². The molecule has 1 amide bonds. The van der Waals surface area contributed by atoms with Crippen molar-refractivity contribution in [2.75, 3.05) is 26.4 Å². The Labute approximate surface area is 84.5 Å². The summed E-state index contributed by atoms with van der Waals surface area (Å²) in [7, 11) is -1.48. The van der Waals surface area contributed by atoms with Gasteiger partial charge in [0, 0.05) is 26.1 Å². The minimum Gasteiger partial charge on any atom is -0.359 e. The van der Waals surface area contributed by atoms with E-state index in [0.717, 1.165) is 0 Å². The molecule has 6 heteroatoms. The van der Waals surface area contributed by atoms with Crippen LogP contribution in [0.5, 0.6) is 0 Å². The molecule has 0 aliphatic carbocycles. The Balaban J connectivity index is 2.51. The Bertz CT molecular complexity index is 305. The molecular weight excluding hydrogens is 204 g/mol. The van der Waals surface area contributed by atoms with Crippen LogP contribution in [0.15, 0.2) is 0 Å². The van der Waals surface area contributed by atoms with E-state index in [4.69, 9.17) is 0 Å². The average molecular weight is 220 g/mol. The molecule has 82 valence electrons. The Morgan fingerprint density at radius 2 is 1.86 bits per heavy atom. The monoisotopic (exact) mass is 220 g/mol. The highest BCUT2D eigenvalue weighted by atomic mass is 32.2. The van der Waals surface area contributed by atoms with Crippen LogP contribution in [0.4, 0.5) is 0 Å². The molecule has 0 atom stereocenters. The largest absolute Gasteiger partial charge is 0.359 e. The zero-order chi connectivity index (χ0) is 10.8. The molecular formula is C8H16N2O3S. The van der Waals surface area contributed by atoms with Gasteiger partial charge in [-0.3, -0.25) is 4.79 Å². The number of amides is 1. The maximum atomic E-state index is 11.2. The summed E-state index contributed by atoms with van der Waals surface area (Å²) in [4.78, 5) is 11.2. The average Bonchev–Trinajstić information content (AvgIpc) is 2.15. The third-order valence-corrected chi connectivity index (χ3v) is 3.84. The molecule has 5 nitrogen and oxygen atoms in total. The predicted octanol–water partition coefficient (Wildman–Crippen LogP) is -0.596. The number of nitrogens with one attached hydrogen (secondary N) is 1. The number of sulfonamides is 1. The Hall–Kier alpha value is -0.620. The van der Waals surface area contributed by atoms with Gasteiger partial charge in [-0.1, -0.05) is 0 Å². The van der Waals surface area contributed by atoms with Crippen molar-refractivity contribution in [3.63, 3.8) is 0 Å². The van der Waals surface area contributed by atoms with E-state index in [1.165, 1.54) is 10.6 Å². The lowest BCUT2D eigenvalue weighted by atomic mass is 9.97. The molecule has 0 saturated carbocycles. The Morgan fingerprint density at radius 3 is 2.21 bits per heavy atom. The molecule has 1 rings (SSSR count). The number of nitrogens with zero attached hydrogens (tertiary/aromatic N) is 1. The first-order chi connectivity index (χ1) is 6.45. The van der Waals surface area contributed by atoms with Gasteiger partial charge in [-0.25, -0.2) is 12.7 Å². The van der Waals surface area contributed by atoms with Crippen LogP contribution in [0, 0.1) is 5.92 Å². The lowest BCUT2D eigenvalue weighted by Gasteiger charge is -2.29. The molecule has 1 N–H and O–H groups in total.